The van der Waals surface area contributed by atoms with Crippen molar-refractivity contribution in [2.75, 3.05) is 12.0 Å². The highest BCUT2D eigenvalue weighted by atomic mass is 19.1. The molecule has 0 N–H and O–H groups in total. The summed E-state index contributed by atoms with van der Waals surface area (Å²) in [5.41, 5.74) is 2.14. The molecular formula is C18H13FN2O2. The highest BCUT2D eigenvalue weighted by molar-refractivity contribution is 6.11. The Balaban J connectivity index is 1.85. The maximum atomic E-state index is 14.3. The van der Waals surface area contributed by atoms with Crippen LogP contribution in [0.15, 0.2) is 48.5 Å². The molecule has 0 aliphatic carbocycles. The number of hydrogen-bond acceptors (Lipinski definition) is 3. The first-order valence-corrected chi connectivity index (χ1v) is 7.22. The number of para-hydroxylation sites is 2. The molecule has 3 aromatic rings. The molecule has 0 unspecified atom stereocenters. The number of halogens is 1. The highest BCUT2D eigenvalue weighted by Gasteiger charge is 2.33. The van der Waals surface area contributed by atoms with Crippen LogP contribution in [0.2, 0.25) is 0 Å². The van der Waals surface area contributed by atoms with Gasteiger partial charge in [-0.15, -0.1) is 0 Å². The lowest BCUT2D eigenvalue weighted by atomic mass is 10.1. The molecule has 1 aliphatic rings. The van der Waals surface area contributed by atoms with Gasteiger partial charge in [0.1, 0.15) is 11.4 Å². The van der Waals surface area contributed by atoms with Gasteiger partial charge in [-0.25, -0.2) is 4.39 Å². The molecule has 114 valence electrons. The number of nitrogens with zero attached hydrogens (tertiary/aromatic N) is 2. The molecule has 0 saturated carbocycles. The van der Waals surface area contributed by atoms with Crippen molar-refractivity contribution >= 4 is 22.5 Å². The third-order valence-electron chi connectivity index (χ3n) is 4.03. The third kappa shape index (κ3) is 2.04. The Morgan fingerprint density at radius 1 is 1.17 bits per heavy atom. The van der Waals surface area contributed by atoms with Gasteiger partial charge >= 0.3 is 0 Å². The van der Waals surface area contributed by atoms with E-state index < -0.39 is 5.82 Å². The van der Waals surface area contributed by atoms with E-state index in [0.29, 0.717) is 17.0 Å². The van der Waals surface area contributed by atoms with Crippen LogP contribution in [0.5, 0.6) is 5.75 Å². The van der Waals surface area contributed by atoms with Crippen LogP contribution in [0.4, 0.5) is 10.1 Å². The van der Waals surface area contributed by atoms with Crippen LogP contribution in [0.3, 0.4) is 0 Å². The summed E-state index contributed by atoms with van der Waals surface area (Å²) in [4.78, 5) is 18.6. The van der Waals surface area contributed by atoms with Crippen LogP contribution >= 0.6 is 0 Å². The van der Waals surface area contributed by atoms with E-state index in [1.165, 1.54) is 18.1 Å². The van der Waals surface area contributed by atoms with Gasteiger partial charge in [0.05, 0.1) is 30.4 Å². The zero-order valence-corrected chi connectivity index (χ0v) is 12.4. The molecule has 4 rings (SSSR count). The number of carbonyl (C=O) groups excluding carboxylic acids is 1. The largest absolute Gasteiger partial charge is 0.494 e. The first-order valence-electron chi connectivity index (χ1n) is 7.22. The minimum Gasteiger partial charge on any atom is -0.494 e. The number of anilines is 1. The standard InChI is InChI=1S/C18H13FN2O2/c1-23-16-8-4-6-13(19)17(16)21-10-15-12(18(21)22)9-11-5-2-3-7-14(11)20-15/h2-9H,10H2,1H3. The van der Waals surface area contributed by atoms with Gasteiger partial charge in [-0.1, -0.05) is 24.3 Å². The second-order valence-corrected chi connectivity index (χ2v) is 5.36. The summed E-state index contributed by atoms with van der Waals surface area (Å²) in [5, 5.41) is 0.891. The van der Waals surface area contributed by atoms with Gasteiger partial charge in [-0.05, 0) is 24.3 Å². The summed E-state index contributed by atoms with van der Waals surface area (Å²) >= 11 is 0. The minimum absolute atomic E-state index is 0.155. The van der Waals surface area contributed by atoms with Gasteiger partial charge in [-0.3, -0.25) is 14.7 Å². The van der Waals surface area contributed by atoms with Crippen LogP contribution < -0.4 is 9.64 Å². The van der Waals surface area contributed by atoms with Gasteiger partial charge in [0, 0.05) is 5.39 Å². The molecule has 0 radical (unpaired) electrons. The lowest BCUT2D eigenvalue weighted by Gasteiger charge is -2.19. The molecule has 4 nitrogen and oxygen atoms in total. The quantitative estimate of drug-likeness (QED) is 0.727. The van der Waals surface area contributed by atoms with E-state index in [9.17, 15) is 9.18 Å². The van der Waals surface area contributed by atoms with E-state index >= 15 is 0 Å². The van der Waals surface area contributed by atoms with Crippen molar-refractivity contribution in [3.63, 3.8) is 0 Å². The molecule has 0 fully saturated rings. The zero-order chi connectivity index (χ0) is 16.0. The van der Waals surface area contributed by atoms with E-state index in [-0.39, 0.29) is 18.1 Å². The third-order valence-corrected chi connectivity index (χ3v) is 4.03. The Kier molecular flexibility index (Phi) is 3.01. The lowest BCUT2D eigenvalue weighted by Crippen LogP contribution is -2.24. The van der Waals surface area contributed by atoms with Crippen LogP contribution in [0.1, 0.15) is 16.1 Å². The normalized spacial score (nSPS) is 13.5. The number of pyridine rings is 1. The van der Waals surface area contributed by atoms with Crippen molar-refractivity contribution in [2.24, 2.45) is 0 Å². The number of fused-ring (bicyclic) bond motifs is 2. The Hall–Kier alpha value is -2.95. The van der Waals surface area contributed by atoms with Crippen LogP contribution in [0.25, 0.3) is 10.9 Å². The van der Waals surface area contributed by atoms with E-state index in [2.05, 4.69) is 4.98 Å². The first-order chi connectivity index (χ1) is 11.2. The van der Waals surface area contributed by atoms with Crippen molar-refractivity contribution in [2.45, 2.75) is 6.54 Å². The number of hydrogen-bond donors (Lipinski definition) is 0. The van der Waals surface area contributed by atoms with Crippen LogP contribution in [-0.2, 0) is 6.54 Å². The van der Waals surface area contributed by atoms with E-state index in [0.717, 1.165) is 10.9 Å². The number of rotatable bonds is 2. The molecule has 1 amide bonds. The van der Waals surface area contributed by atoms with Crippen molar-refractivity contribution in [1.82, 2.24) is 4.98 Å². The second kappa shape index (κ2) is 5.05. The average Bonchev–Trinajstić information content (AvgIpc) is 2.88. The predicted molar refractivity (Wildman–Crippen MR) is 85.2 cm³/mol. The maximum absolute atomic E-state index is 14.3. The molecule has 1 aliphatic heterocycles. The van der Waals surface area contributed by atoms with Crippen molar-refractivity contribution < 1.29 is 13.9 Å². The highest BCUT2D eigenvalue weighted by Crippen LogP contribution is 2.37. The van der Waals surface area contributed by atoms with Crippen molar-refractivity contribution in [3.8, 4) is 5.75 Å². The Morgan fingerprint density at radius 2 is 2.00 bits per heavy atom. The number of benzene rings is 2. The summed E-state index contributed by atoms with van der Waals surface area (Å²) in [6.45, 7) is 0.232. The lowest BCUT2D eigenvalue weighted by molar-refractivity contribution is 0.0995. The smallest absolute Gasteiger partial charge is 0.260 e. The molecule has 5 heteroatoms. The fourth-order valence-corrected chi connectivity index (χ4v) is 2.93. The minimum atomic E-state index is -0.491. The maximum Gasteiger partial charge on any atom is 0.260 e. The summed E-state index contributed by atoms with van der Waals surface area (Å²) in [5.74, 6) is -0.424. The average molecular weight is 308 g/mol. The van der Waals surface area contributed by atoms with E-state index in [4.69, 9.17) is 4.74 Å². The Labute approximate surface area is 132 Å². The Bertz CT molecular complexity index is 939. The molecule has 0 bridgehead atoms. The molecule has 0 atom stereocenters. The number of carbonyl (C=O) groups is 1. The summed E-state index contributed by atoms with van der Waals surface area (Å²) in [6.07, 6.45) is 0. The SMILES string of the molecule is COc1cccc(F)c1N1Cc2nc3ccccc3cc2C1=O. The van der Waals surface area contributed by atoms with Gasteiger partial charge in [0.15, 0.2) is 5.82 Å². The van der Waals surface area contributed by atoms with Gasteiger partial charge in [0.2, 0.25) is 0 Å². The van der Waals surface area contributed by atoms with Crippen molar-refractivity contribution in [1.29, 1.82) is 0 Å². The topological polar surface area (TPSA) is 42.4 Å². The summed E-state index contributed by atoms with van der Waals surface area (Å²) < 4.78 is 19.5. The molecule has 0 saturated heterocycles. The van der Waals surface area contributed by atoms with Crippen LogP contribution in [-0.4, -0.2) is 18.0 Å². The molecule has 2 aromatic carbocycles. The van der Waals surface area contributed by atoms with Gasteiger partial charge in [-0.2, -0.15) is 0 Å². The second-order valence-electron chi connectivity index (χ2n) is 5.36. The van der Waals surface area contributed by atoms with Crippen molar-refractivity contribution in [3.05, 3.63) is 65.6 Å². The number of amides is 1. The fourth-order valence-electron chi connectivity index (χ4n) is 2.93. The zero-order valence-electron chi connectivity index (χ0n) is 12.4. The monoisotopic (exact) mass is 308 g/mol. The van der Waals surface area contributed by atoms with Gasteiger partial charge < -0.3 is 4.74 Å². The molecule has 1 aromatic heterocycles. The molecule has 0 spiro atoms. The molecular weight excluding hydrogens is 295 g/mol. The van der Waals surface area contributed by atoms with Gasteiger partial charge in [0.25, 0.3) is 5.91 Å². The van der Waals surface area contributed by atoms with Crippen LogP contribution in [0, 0.1) is 5.82 Å². The molecule has 2 heterocycles. The molecule has 23 heavy (non-hydrogen) atoms. The van der Waals surface area contributed by atoms with E-state index in [1.54, 1.807) is 12.1 Å². The first kappa shape index (κ1) is 13.7. The number of aromatic nitrogens is 1. The number of methoxy groups -OCH3 is 1. The Morgan fingerprint density at radius 3 is 2.83 bits per heavy atom. The fraction of sp³-hybridized carbons (Fsp3) is 0.111. The summed E-state index contributed by atoms with van der Waals surface area (Å²) in [6, 6.07) is 13.9. The summed E-state index contributed by atoms with van der Waals surface area (Å²) in [7, 11) is 1.46. The van der Waals surface area contributed by atoms with E-state index in [1.807, 2.05) is 30.3 Å². The predicted octanol–water partition coefficient (Wildman–Crippen LogP) is 3.54. The number of ether oxygens (including phenoxy) is 1.